The molecule has 3 heterocycles. The number of nitrogens with one attached hydrogen (secondary N) is 1. The maximum Gasteiger partial charge on any atom is 0.158 e. The van der Waals surface area contributed by atoms with Crippen LogP contribution >= 0.6 is 0 Å². The van der Waals surface area contributed by atoms with E-state index < -0.39 is 0 Å². The molecule has 6 nitrogen and oxygen atoms in total. The highest BCUT2D eigenvalue weighted by Gasteiger charge is 2.18. The summed E-state index contributed by atoms with van der Waals surface area (Å²) in [5.74, 6) is 0.393. The van der Waals surface area contributed by atoms with E-state index in [-0.39, 0.29) is 5.82 Å². The van der Waals surface area contributed by atoms with Crippen LogP contribution in [0.25, 0.3) is 5.52 Å². The molecule has 7 heteroatoms. The number of rotatable bonds is 4. The Morgan fingerprint density at radius 3 is 2.88 bits per heavy atom. The fourth-order valence-electron chi connectivity index (χ4n) is 3.29. The largest absolute Gasteiger partial charge is 0.338 e. The van der Waals surface area contributed by atoms with E-state index in [1.807, 2.05) is 12.3 Å². The van der Waals surface area contributed by atoms with Gasteiger partial charge in [-0.3, -0.25) is 4.90 Å². The fraction of sp³-hybridized carbons (Fsp3) is 0.333. The number of aromatic nitrogens is 3. The van der Waals surface area contributed by atoms with Crippen LogP contribution in [-0.4, -0.2) is 38.6 Å². The molecule has 0 atom stereocenters. The molecule has 0 bridgehead atoms. The molecule has 3 aromatic rings. The number of benzene rings is 1. The van der Waals surface area contributed by atoms with Gasteiger partial charge < -0.3 is 11.1 Å². The average Bonchev–Trinajstić information content (AvgIpc) is 3.01. The number of hydrogen-bond acceptors (Lipinski definition) is 5. The van der Waals surface area contributed by atoms with Gasteiger partial charge in [-0.2, -0.15) is 5.10 Å². The Kier molecular flexibility index (Phi) is 4.33. The summed E-state index contributed by atoms with van der Waals surface area (Å²) in [6.45, 7) is 2.83. The minimum Gasteiger partial charge on any atom is -0.338 e. The number of nitrogens with zero attached hydrogens (tertiary/aromatic N) is 4. The minimum absolute atomic E-state index is 0.282. The summed E-state index contributed by atoms with van der Waals surface area (Å²) in [4.78, 5) is 6.77. The molecule has 0 amide bonds. The first-order valence-corrected chi connectivity index (χ1v) is 8.51. The topological polar surface area (TPSA) is 71.5 Å². The molecule has 1 aliphatic heterocycles. The number of anilines is 2. The minimum atomic E-state index is -0.282. The number of piperidine rings is 1. The first-order chi connectivity index (χ1) is 12.2. The van der Waals surface area contributed by atoms with Crippen molar-refractivity contribution in [3.05, 3.63) is 54.2 Å². The molecule has 25 heavy (non-hydrogen) atoms. The zero-order valence-corrected chi connectivity index (χ0v) is 13.9. The van der Waals surface area contributed by atoms with Crippen molar-refractivity contribution in [2.24, 2.45) is 5.73 Å². The number of hydrogen-bond donors (Lipinski definition) is 2. The van der Waals surface area contributed by atoms with Crippen molar-refractivity contribution in [3.63, 3.8) is 0 Å². The van der Waals surface area contributed by atoms with E-state index in [0.29, 0.717) is 17.5 Å². The van der Waals surface area contributed by atoms with Gasteiger partial charge in [0.25, 0.3) is 0 Å². The Labute approximate surface area is 145 Å². The summed E-state index contributed by atoms with van der Waals surface area (Å²) in [5.41, 5.74) is 8.72. The SMILES string of the molecule is NC1CCN(Cc2ccn3ncnc(Nc4cccc(F)c4)c23)CC1. The Hall–Kier alpha value is -2.51. The smallest absolute Gasteiger partial charge is 0.158 e. The van der Waals surface area contributed by atoms with Crippen LogP contribution in [-0.2, 0) is 6.54 Å². The Morgan fingerprint density at radius 1 is 1.24 bits per heavy atom. The van der Waals surface area contributed by atoms with Crippen LogP contribution in [0.5, 0.6) is 0 Å². The normalized spacial score (nSPS) is 16.4. The van der Waals surface area contributed by atoms with E-state index in [1.54, 1.807) is 10.6 Å². The molecule has 0 aliphatic carbocycles. The number of halogens is 1. The van der Waals surface area contributed by atoms with Gasteiger partial charge in [-0.05, 0) is 55.8 Å². The zero-order chi connectivity index (χ0) is 17.2. The van der Waals surface area contributed by atoms with Crippen LogP contribution in [0.4, 0.5) is 15.9 Å². The summed E-state index contributed by atoms with van der Waals surface area (Å²) < 4.78 is 15.3. The third-order valence-corrected chi connectivity index (χ3v) is 4.65. The van der Waals surface area contributed by atoms with E-state index in [4.69, 9.17) is 5.73 Å². The highest BCUT2D eigenvalue weighted by Crippen LogP contribution is 2.25. The Bertz CT molecular complexity index is 869. The van der Waals surface area contributed by atoms with Gasteiger partial charge in [-0.1, -0.05) is 6.07 Å². The first-order valence-electron chi connectivity index (χ1n) is 8.51. The van der Waals surface area contributed by atoms with Crippen LogP contribution in [0, 0.1) is 5.82 Å². The lowest BCUT2D eigenvalue weighted by atomic mass is 10.1. The molecule has 4 rings (SSSR count). The van der Waals surface area contributed by atoms with E-state index in [0.717, 1.165) is 43.6 Å². The van der Waals surface area contributed by atoms with Crippen molar-refractivity contribution in [2.45, 2.75) is 25.4 Å². The molecule has 1 saturated heterocycles. The van der Waals surface area contributed by atoms with Crippen molar-refractivity contribution in [1.82, 2.24) is 19.5 Å². The van der Waals surface area contributed by atoms with Gasteiger partial charge in [-0.25, -0.2) is 13.9 Å². The average molecular weight is 340 g/mol. The lowest BCUT2D eigenvalue weighted by Crippen LogP contribution is -2.39. The molecule has 1 fully saturated rings. The maximum atomic E-state index is 13.4. The molecular formula is C18H21FN6. The van der Waals surface area contributed by atoms with Gasteiger partial charge in [0, 0.05) is 24.5 Å². The van der Waals surface area contributed by atoms with Crippen molar-refractivity contribution >= 4 is 17.0 Å². The summed E-state index contributed by atoms with van der Waals surface area (Å²) in [7, 11) is 0. The van der Waals surface area contributed by atoms with Crippen molar-refractivity contribution in [2.75, 3.05) is 18.4 Å². The van der Waals surface area contributed by atoms with Crippen LogP contribution in [0.2, 0.25) is 0 Å². The molecule has 0 saturated carbocycles. The molecule has 0 radical (unpaired) electrons. The molecule has 3 N–H and O–H groups in total. The molecule has 1 aromatic carbocycles. The molecule has 1 aliphatic rings. The standard InChI is InChI=1S/C18H21FN6/c19-14-2-1-3-16(10-14)23-18-17-13(4-9-25(17)22-12-21-18)11-24-7-5-15(20)6-8-24/h1-4,9-10,12,15H,5-8,11,20H2,(H,21,22,23). The van der Waals surface area contributed by atoms with Gasteiger partial charge >= 0.3 is 0 Å². The third kappa shape index (κ3) is 3.47. The van der Waals surface area contributed by atoms with Gasteiger partial charge in [-0.15, -0.1) is 0 Å². The predicted octanol–water partition coefficient (Wildman–Crippen LogP) is 2.54. The number of likely N-dealkylation sites (tertiary alicyclic amines) is 1. The van der Waals surface area contributed by atoms with Crippen molar-refractivity contribution < 1.29 is 4.39 Å². The Morgan fingerprint density at radius 2 is 2.08 bits per heavy atom. The molecule has 0 unspecified atom stereocenters. The van der Waals surface area contributed by atoms with E-state index in [2.05, 4.69) is 26.4 Å². The second-order valence-corrected chi connectivity index (χ2v) is 6.49. The molecular weight excluding hydrogens is 319 g/mol. The van der Waals surface area contributed by atoms with Crippen LogP contribution in [0.1, 0.15) is 18.4 Å². The predicted molar refractivity (Wildman–Crippen MR) is 95.2 cm³/mol. The van der Waals surface area contributed by atoms with Crippen LogP contribution in [0.3, 0.4) is 0 Å². The van der Waals surface area contributed by atoms with E-state index in [1.165, 1.54) is 18.5 Å². The van der Waals surface area contributed by atoms with Crippen molar-refractivity contribution in [1.29, 1.82) is 0 Å². The number of nitrogens with two attached hydrogens (primary N) is 1. The third-order valence-electron chi connectivity index (χ3n) is 4.65. The Balaban J connectivity index is 1.62. The van der Waals surface area contributed by atoms with Gasteiger partial charge in [0.05, 0.1) is 0 Å². The summed E-state index contributed by atoms with van der Waals surface area (Å²) in [6, 6.07) is 8.74. The van der Waals surface area contributed by atoms with Crippen LogP contribution < -0.4 is 11.1 Å². The van der Waals surface area contributed by atoms with Gasteiger partial charge in [0.1, 0.15) is 17.7 Å². The molecule has 2 aromatic heterocycles. The fourth-order valence-corrected chi connectivity index (χ4v) is 3.29. The summed E-state index contributed by atoms with van der Waals surface area (Å²) in [5, 5.41) is 7.49. The molecule has 0 spiro atoms. The first kappa shape index (κ1) is 16.0. The van der Waals surface area contributed by atoms with E-state index in [9.17, 15) is 4.39 Å². The van der Waals surface area contributed by atoms with Crippen molar-refractivity contribution in [3.8, 4) is 0 Å². The van der Waals surface area contributed by atoms with Gasteiger partial charge in [0.15, 0.2) is 5.82 Å². The van der Waals surface area contributed by atoms with Gasteiger partial charge in [0.2, 0.25) is 0 Å². The zero-order valence-electron chi connectivity index (χ0n) is 13.9. The summed E-state index contributed by atoms with van der Waals surface area (Å²) in [6.07, 6.45) is 5.48. The lowest BCUT2D eigenvalue weighted by Gasteiger charge is -2.29. The maximum absolute atomic E-state index is 13.4. The highest BCUT2D eigenvalue weighted by atomic mass is 19.1. The quantitative estimate of drug-likeness (QED) is 0.764. The van der Waals surface area contributed by atoms with E-state index >= 15 is 0 Å². The lowest BCUT2D eigenvalue weighted by molar-refractivity contribution is 0.206. The highest BCUT2D eigenvalue weighted by molar-refractivity contribution is 5.76. The monoisotopic (exact) mass is 340 g/mol. The van der Waals surface area contributed by atoms with Crippen LogP contribution in [0.15, 0.2) is 42.9 Å². The second kappa shape index (κ2) is 6.78. The second-order valence-electron chi connectivity index (χ2n) is 6.49. The summed E-state index contributed by atoms with van der Waals surface area (Å²) >= 11 is 0. The number of fused-ring (bicyclic) bond motifs is 1. The molecule has 130 valence electrons.